The average molecular weight is 228 g/mol. The topological polar surface area (TPSA) is 0 Å². The van der Waals surface area contributed by atoms with E-state index in [4.69, 9.17) is 0 Å². The van der Waals surface area contributed by atoms with Crippen LogP contribution in [0.2, 0.25) is 19.1 Å². The number of rotatable bonds is 6. The fourth-order valence-electron chi connectivity index (χ4n) is 1.41. The normalized spacial score (nSPS) is 17.5. The van der Waals surface area contributed by atoms with E-state index in [1.54, 1.807) is 0 Å². The molecule has 80 valence electrons. The van der Waals surface area contributed by atoms with Crippen LogP contribution in [0.5, 0.6) is 0 Å². The second kappa shape index (κ2) is 6.64. The number of halogens is 3. The van der Waals surface area contributed by atoms with E-state index < -0.39 is 30.2 Å². The highest BCUT2D eigenvalue weighted by Crippen LogP contribution is 2.17. The Labute approximate surface area is 82.3 Å². The van der Waals surface area contributed by atoms with E-state index in [1.165, 1.54) is 0 Å². The van der Waals surface area contributed by atoms with Crippen molar-refractivity contribution in [2.45, 2.75) is 44.3 Å². The molecule has 0 saturated heterocycles. The van der Waals surface area contributed by atoms with Gasteiger partial charge in [-0.1, -0.05) is 32.5 Å². The van der Waals surface area contributed by atoms with E-state index in [2.05, 4.69) is 0 Å². The zero-order valence-electron chi connectivity index (χ0n) is 8.56. The van der Waals surface area contributed by atoms with Crippen LogP contribution in [0, 0.1) is 5.92 Å². The molecule has 0 rings (SSSR count). The number of alkyl halides is 3. The van der Waals surface area contributed by atoms with Crippen LogP contribution in [0.4, 0.5) is 13.2 Å². The molecule has 0 heterocycles. The zero-order chi connectivity index (χ0) is 10.4. The van der Waals surface area contributed by atoms with Gasteiger partial charge in [-0.05, 0) is 5.92 Å². The van der Waals surface area contributed by atoms with Gasteiger partial charge in [0.25, 0.3) is 0 Å². The lowest BCUT2D eigenvalue weighted by Crippen LogP contribution is -2.27. The maximum Gasteiger partial charge on any atom is 0.214 e. The van der Waals surface area contributed by atoms with Crippen LogP contribution in [0.25, 0.3) is 0 Å². The maximum absolute atomic E-state index is 13.3. The van der Waals surface area contributed by atoms with Crippen molar-refractivity contribution in [3.8, 4) is 0 Å². The third-order valence-corrected chi connectivity index (χ3v) is 5.45. The molecule has 0 aromatic rings. The Bertz CT molecular complexity index is 131. The van der Waals surface area contributed by atoms with E-state index in [1.807, 2.05) is 20.0 Å². The summed E-state index contributed by atoms with van der Waals surface area (Å²) in [6.07, 6.45) is 0.656. The van der Waals surface area contributed by atoms with Crippen LogP contribution < -0.4 is 0 Å². The molecule has 0 nitrogen and oxygen atoms in total. The van der Waals surface area contributed by atoms with Gasteiger partial charge < -0.3 is 0 Å². The predicted molar refractivity (Wildman–Crippen MR) is 56.9 cm³/mol. The van der Waals surface area contributed by atoms with Crippen molar-refractivity contribution < 1.29 is 13.2 Å². The van der Waals surface area contributed by atoms with Gasteiger partial charge in [0.1, 0.15) is 9.52 Å². The largest absolute Gasteiger partial charge is 0.252 e. The van der Waals surface area contributed by atoms with E-state index in [0.717, 1.165) is 0 Å². The minimum absolute atomic E-state index is 0.00193. The minimum atomic E-state index is -2.10. The second-order valence-electron chi connectivity index (χ2n) is 3.99. The molecular weight excluding hydrogens is 209 g/mol. The van der Waals surface area contributed by atoms with Gasteiger partial charge in [-0.3, -0.25) is 4.39 Å². The predicted octanol–water partition coefficient (Wildman–Crippen LogP) is 2.19. The Kier molecular flexibility index (Phi) is 6.76. The summed E-state index contributed by atoms with van der Waals surface area (Å²) in [5, 5.41) is 0. The lowest BCUT2D eigenvalue weighted by Gasteiger charge is -2.18. The minimum Gasteiger partial charge on any atom is -0.252 e. The summed E-state index contributed by atoms with van der Waals surface area (Å²) in [4.78, 5) is 0. The van der Waals surface area contributed by atoms with Crippen molar-refractivity contribution >= 4 is 18.3 Å². The summed E-state index contributed by atoms with van der Waals surface area (Å²) < 4.78 is 37.0. The van der Waals surface area contributed by atoms with E-state index in [9.17, 15) is 13.2 Å². The van der Waals surface area contributed by atoms with Crippen LogP contribution >= 0.6 is 0 Å². The van der Waals surface area contributed by atoms with Crippen molar-refractivity contribution in [3.05, 3.63) is 0 Å². The highest BCUT2D eigenvalue weighted by molar-refractivity contribution is 6.57. The maximum atomic E-state index is 13.3. The quantitative estimate of drug-likeness (QED) is 0.611. The molecule has 0 aliphatic rings. The Balaban J connectivity index is 3.55. The first-order chi connectivity index (χ1) is 5.95. The first-order valence-corrected chi connectivity index (χ1v) is 9.66. The van der Waals surface area contributed by atoms with Crippen LogP contribution in [0.15, 0.2) is 0 Å². The first-order valence-electron chi connectivity index (χ1n) is 4.87. The van der Waals surface area contributed by atoms with Gasteiger partial charge in [0.15, 0.2) is 0 Å². The molecule has 2 unspecified atom stereocenters. The van der Waals surface area contributed by atoms with Crippen LogP contribution in [-0.2, 0) is 0 Å². The standard InChI is InChI=1S/C8H19F3Si2/c1-6(7(9)13(2)3)4-5-12-8(10)11/h6-8,13H,4-5,12H2,1-3H3. The van der Waals surface area contributed by atoms with Gasteiger partial charge in [0.2, 0.25) is 6.05 Å². The zero-order valence-corrected chi connectivity index (χ0v) is 11.1. The average Bonchev–Trinajstić information content (AvgIpc) is 2.02. The second-order valence-corrected chi connectivity index (χ2v) is 9.01. The molecule has 0 spiro atoms. The van der Waals surface area contributed by atoms with Crippen LogP contribution in [-0.4, -0.2) is 30.2 Å². The summed E-state index contributed by atoms with van der Waals surface area (Å²) in [6.45, 7) is 5.77. The van der Waals surface area contributed by atoms with Gasteiger partial charge >= 0.3 is 0 Å². The molecule has 0 N–H and O–H groups in total. The number of hydrogen-bond acceptors (Lipinski definition) is 0. The van der Waals surface area contributed by atoms with Gasteiger partial charge in [-0.25, -0.2) is 8.78 Å². The molecule has 0 radical (unpaired) electrons. The summed E-state index contributed by atoms with van der Waals surface area (Å²) in [5.74, 6) is -0.704. The van der Waals surface area contributed by atoms with Crippen LogP contribution in [0.3, 0.4) is 0 Å². The van der Waals surface area contributed by atoms with Crippen molar-refractivity contribution in [2.24, 2.45) is 5.92 Å². The molecule has 0 amide bonds. The Morgan fingerprint density at radius 3 is 2.15 bits per heavy atom. The molecule has 0 aliphatic heterocycles. The van der Waals surface area contributed by atoms with Crippen molar-refractivity contribution in [3.63, 3.8) is 0 Å². The Morgan fingerprint density at radius 2 is 1.77 bits per heavy atom. The molecule has 0 saturated carbocycles. The van der Waals surface area contributed by atoms with Crippen molar-refractivity contribution in [2.75, 3.05) is 0 Å². The molecule has 13 heavy (non-hydrogen) atoms. The SMILES string of the molecule is CC(CC[SiH2]C(F)F)C(F)[SiH](C)C. The molecule has 0 bridgehead atoms. The van der Waals surface area contributed by atoms with Crippen LogP contribution in [0.1, 0.15) is 13.3 Å². The Hall–Kier alpha value is 0.224. The first kappa shape index (κ1) is 13.2. The molecule has 0 aliphatic carbocycles. The summed E-state index contributed by atoms with van der Waals surface area (Å²) in [7, 11) is -2.47. The monoisotopic (exact) mass is 228 g/mol. The van der Waals surface area contributed by atoms with Gasteiger partial charge in [-0.2, -0.15) is 0 Å². The summed E-state index contributed by atoms with van der Waals surface area (Å²) in [6, 6.07) is -1.51. The number of hydrogen-bond donors (Lipinski definition) is 0. The Morgan fingerprint density at radius 1 is 1.23 bits per heavy atom. The van der Waals surface area contributed by atoms with Gasteiger partial charge in [-0.15, -0.1) is 0 Å². The molecular formula is C8H19F3Si2. The lowest BCUT2D eigenvalue weighted by molar-refractivity contribution is 0.236. The van der Waals surface area contributed by atoms with E-state index >= 15 is 0 Å². The van der Waals surface area contributed by atoms with E-state index in [0.29, 0.717) is 12.5 Å². The third-order valence-electron chi connectivity index (χ3n) is 2.26. The smallest absolute Gasteiger partial charge is 0.214 e. The highest BCUT2D eigenvalue weighted by atomic mass is 28.3. The van der Waals surface area contributed by atoms with Gasteiger partial charge in [0.05, 0.1) is 14.6 Å². The summed E-state index contributed by atoms with van der Waals surface area (Å²) in [5.41, 5.74) is 0. The van der Waals surface area contributed by atoms with Crippen molar-refractivity contribution in [1.82, 2.24) is 0 Å². The van der Waals surface area contributed by atoms with Gasteiger partial charge in [0, 0.05) is 0 Å². The fraction of sp³-hybridized carbons (Fsp3) is 1.00. The fourth-order valence-corrected chi connectivity index (χ4v) is 4.11. The lowest BCUT2D eigenvalue weighted by atomic mass is 10.1. The molecule has 5 heteroatoms. The van der Waals surface area contributed by atoms with E-state index in [-0.39, 0.29) is 5.92 Å². The molecule has 0 aromatic heterocycles. The molecule has 0 fully saturated rings. The summed E-state index contributed by atoms with van der Waals surface area (Å²) >= 11 is 0. The molecule has 0 aromatic carbocycles. The molecule has 2 atom stereocenters. The van der Waals surface area contributed by atoms with Crippen molar-refractivity contribution in [1.29, 1.82) is 0 Å². The third kappa shape index (κ3) is 6.32. The highest BCUT2D eigenvalue weighted by Gasteiger charge is 2.20.